The molecule has 1 aliphatic rings. The van der Waals surface area contributed by atoms with Crippen LogP contribution >= 0.6 is 7.60 Å². The van der Waals surface area contributed by atoms with Gasteiger partial charge in [-0.3, -0.25) is 4.57 Å². The van der Waals surface area contributed by atoms with Crippen LogP contribution in [0.15, 0.2) is 0 Å². The van der Waals surface area contributed by atoms with Crippen LogP contribution in [0, 0.1) is 0 Å². The van der Waals surface area contributed by atoms with E-state index in [9.17, 15) is 4.57 Å². The van der Waals surface area contributed by atoms with Gasteiger partial charge in [0.25, 0.3) is 0 Å². The summed E-state index contributed by atoms with van der Waals surface area (Å²) >= 11 is 0. The van der Waals surface area contributed by atoms with Crippen LogP contribution in [0.2, 0.25) is 0 Å². The van der Waals surface area contributed by atoms with Crippen LogP contribution in [0.25, 0.3) is 0 Å². The number of hydrogen-bond donors (Lipinski definition) is 0. The molecule has 1 saturated heterocycles. The molecule has 16 heavy (non-hydrogen) atoms. The standard InChI is InChI=1S/C10H21O5P/c1-4-13-16(11,14-5-2)9(3)15-10-7-6-8-12-10/h9-10H,4-8H2,1-3H3. The third-order valence-electron chi connectivity index (χ3n) is 2.30. The third-order valence-corrected chi connectivity index (χ3v) is 4.55. The summed E-state index contributed by atoms with van der Waals surface area (Å²) in [6.07, 6.45) is 1.54. The Morgan fingerprint density at radius 1 is 1.38 bits per heavy atom. The summed E-state index contributed by atoms with van der Waals surface area (Å²) in [6, 6.07) is 0. The molecule has 0 amide bonds. The monoisotopic (exact) mass is 252 g/mol. The zero-order valence-electron chi connectivity index (χ0n) is 10.2. The smallest absolute Gasteiger partial charge is 0.353 e. The Bertz CT molecular complexity index is 229. The van der Waals surface area contributed by atoms with Gasteiger partial charge in [-0.05, 0) is 27.2 Å². The molecule has 0 aliphatic carbocycles. The summed E-state index contributed by atoms with van der Waals surface area (Å²) in [4.78, 5) is 0. The average molecular weight is 252 g/mol. The predicted octanol–water partition coefficient (Wildman–Crippen LogP) is 2.75. The van der Waals surface area contributed by atoms with E-state index in [2.05, 4.69) is 0 Å². The Morgan fingerprint density at radius 3 is 2.44 bits per heavy atom. The molecular weight excluding hydrogens is 231 g/mol. The zero-order valence-corrected chi connectivity index (χ0v) is 11.1. The van der Waals surface area contributed by atoms with Crippen molar-refractivity contribution in [2.45, 2.75) is 45.7 Å². The van der Waals surface area contributed by atoms with Gasteiger partial charge in [0.05, 0.1) is 13.2 Å². The second-order valence-corrected chi connectivity index (χ2v) is 5.88. The molecule has 1 rings (SSSR count). The van der Waals surface area contributed by atoms with Crippen molar-refractivity contribution in [3.63, 3.8) is 0 Å². The van der Waals surface area contributed by atoms with E-state index in [0.717, 1.165) is 12.8 Å². The minimum atomic E-state index is -3.17. The van der Waals surface area contributed by atoms with Crippen LogP contribution in [0.5, 0.6) is 0 Å². The molecule has 6 heteroatoms. The average Bonchev–Trinajstić information content (AvgIpc) is 2.71. The van der Waals surface area contributed by atoms with Crippen LogP contribution in [-0.4, -0.2) is 32.0 Å². The molecule has 0 aromatic carbocycles. The van der Waals surface area contributed by atoms with Crippen molar-refractivity contribution in [3.05, 3.63) is 0 Å². The normalized spacial score (nSPS) is 23.6. The highest BCUT2D eigenvalue weighted by molar-refractivity contribution is 7.54. The molecule has 2 unspecified atom stereocenters. The van der Waals surface area contributed by atoms with E-state index in [1.54, 1.807) is 20.8 Å². The first-order valence-corrected chi connectivity index (χ1v) is 7.39. The summed E-state index contributed by atoms with van der Waals surface area (Å²) in [5.74, 6) is -0.588. The Hall–Kier alpha value is 0.0700. The first kappa shape index (κ1) is 14.1. The third kappa shape index (κ3) is 3.82. The fourth-order valence-corrected chi connectivity index (χ4v) is 3.06. The number of ether oxygens (including phenoxy) is 2. The molecule has 1 heterocycles. The van der Waals surface area contributed by atoms with Crippen LogP contribution in [0.3, 0.4) is 0 Å². The highest BCUT2D eigenvalue weighted by atomic mass is 31.2. The van der Waals surface area contributed by atoms with Gasteiger partial charge in [0, 0.05) is 13.0 Å². The maximum absolute atomic E-state index is 12.3. The molecule has 2 atom stereocenters. The van der Waals surface area contributed by atoms with Gasteiger partial charge in [-0.2, -0.15) is 0 Å². The SMILES string of the molecule is CCOP(=O)(OCC)C(C)OC1CCCO1. The van der Waals surface area contributed by atoms with Crippen molar-refractivity contribution in [2.75, 3.05) is 19.8 Å². The molecule has 1 aliphatic heterocycles. The quantitative estimate of drug-likeness (QED) is 0.652. The van der Waals surface area contributed by atoms with Crippen LogP contribution < -0.4 is 0 Å². The zero-order chi connectivity index (χ0) is 12.0. The minimum Gasteiger partial charge on any atom is -0.353 e. The van der Waals surface area contributed by atoms with Gasteiger partial charge in [-0.25, -0.2) is 0 Å². The van der Waals surface area contributed by atoms with Crippen molar-refractivity contribution >= 4 is 7.60 Å². The topological polar surface area (TPSA) is 54.0 Å². The molecule has 0 radical (unpaired) electrons. The van der Waals surface area contributed by atoms with Crippen LogP contribution in [0.1, 0.15) is 33.6 Å². The highest BCUT2D eigenvalue weighted by Crippen LogP contribution is 2.53. The maximum atomic E-state index is 12.3. The Balaban J connectivity index is 2.51. The molecular formula is C10H21O5P. The lowest BCUT2D eigenvalue weighted by Crippen LogP contribution is -2.21. The lowest BCUT2D eigenvalue weighted by molar-refractivity contribution is -0.124. The molecule has 0 bridgehead atoms. The van der Waals surface area contributed by atoms with Crippen LogP contribution in [0.4, 0.5) is 0 Å². The Labute approximate surface area is 96.9 Å². The van der Waals surface area contributed by atoms with Gasteiger partial charge in [0.2, 0.25) is 0 Å². The Morgan fingerprint density at radius 2 is 2.00 bits per heavy atom. The summed E-state index contributed by atoms with van der Waals surface area (Å²) in [7, 11) is -3.17. The van der Waals surface area contributed by atoms with Gasteiger partial charge < -0.3 is 18.5 Å². The van der Waals surface area contributed by atoms with Crippen molar-refractivity contribution in [1.82, 2.24) is 0 Å². The molecule has 5 nitrogen and oxygen atoms in total. The highest BCUT2D eigenvalue weighted by Gasteiger charge is 2.35. The Kier molecular flexibility index (Phi) is 5.94. The van der Waals surface area contributed by atoms with Crippen molar-refractivity contribution < 1.29 is 23.1 Å². The van der Waals surface area contributed by atoms with E-state index < -0.39 is 13.4 Å². The van der Waals surface area contributed by atoms with Crippen molar-refractivity contribution in [1.29, 1.82) is 0 Å². The predicted molar refractivity (Wildman–Crippen MR) is 60.4 cm³/mol. The molecule has 0 N–H and O–H groups in total. The first-order chi connectivity index (χ1) is 7.62. The molecule has 0 aromatic heterocycles. The minimum absolute atomic E-state index is 0.274. The van der Waals surface area contributed by atoms with E-state index in [4.69, 9.17) is 18.5 Å². The molecule has 0 aromatic rings. The summed E-state index contributed by atoms with van der Waals surface area (Å²) < 4.78 is 33.5. The van der Waals surface area contributed by atoms with Gasteiger partial charge in [0.15, 0.2) is 12.1 Å². The molecule has 0 saturated carbocycles. The van der Waals surface area contributed by atoms with Crippen molar-refractivity contribution in [2.24, 2.45) is 0 Å². The van der Waals surface area contributed by atoms with Crippen molar-refractivity contribution in [3.8, 4) is 0 Å². The number of rotatable bonds is 7. The summed E-state index contributed by atoms with van der Waals surface area (Å²) in [5, 5.41) is 0. The lowest BCUT2D eigenvalue weighted by Gasteiger charge is -2.25. The summed E-state index contributed by atoms with van der Waals surface area (Å²) in [6.45, 7) is 6.65. The first-order valence-electron chi connectivity index (χ1n) is 5.78. The van der Waals surface area contributed by atoms with E-state index >= 15 is 0 Å². The number of hydrogen-bond acceptors (Lipinski definition) is 5. The van der Waals surface area contributed by atoms with Gasteiger partial charge >= 0.3 is 7.60 Å². The van der Waals surface area contributed by atoms with E-state index in [1.165, 1.54) is 0 Å². The summed E-state index contributed by atoms with van der Waals surface area (Å²) in [5.41, 5.74) is 0. The fourth-order valence-electron chi connectivity index (χ4n) is 1.56. The molecule has 0 spiro atoms. The maximum Gasteiger partial charge on any atom is 0.358 e. The second kappa shape index (κ2) is 6.72. The van der Waals surface area contributed by atoms with Crippen LogP contribution in [-0.2, 0) is 23.1 Å². The molecule has 1 fully saturated rings. The fraction of sp³-hybridized carbons (Fsp3) is 1.00. The van der Waals surface area contributed by atoms with Gasteiger partial charge in [-0.15, -0.1) is 0 Å². The second-order valence-electron chi connectivity index (χ2n) is 3.55. The van der Waals surface area contributed by atoms with E-state index in [1.807, 2.05) is 0 Å². The van der Waals surface area contributed by atoms with E-state index in [0.29, 0.717) is 19.8 Å². The lowest BCUT2D eigenvalue weighted by atomic mass is 10.4. The van der Waals surface area contributed by atoms with Gasteiger partial charge in [0.1, 0.15) is 0 Å². The van der Waals surface area contributed by atoms with Gasteiger partial charge in [-0.1, -0.05) is 0 Å². The van der Waals surface area contributed by atoms with E-state index in [-0.39, 0.29) is 6.29 Å². The molecule has 96 valence electrons. The largest absolute Gasteiger partial charge is 0.358 e.